The van der Waals surface area contributed by atoms with Crippen molar-refractivity contribution in [1.29, 1.82) is 0 Å². The lowest BCUT2D eigenvalue weighted by Gasteiger charge is -2.04. The Morgan fingerprint density at radius 1 is 1.21 bits per heavy atom. The molecule has 1 rings (SSSR count). The van der Waals surface area contributed by atoms with Crippen molar-refractivity contribution in [3.63, 3.8) is 0 Å². The van der Waals surface area contributed by atoms with Gasteiger partial charge in [0.05, 0.1) is 6.61 Å². The highest BCUT2D eigenvalue weighted by Crippen LogP contribution is 2.16. The first-order valence-electron chi connectivity index (χ1n) is 5.20. The Balaban J connectivity index is 2.67. The van der Waals surface area contributed by atoms with Crippen LogP contribution in [0.25, 0.3) is 5.57 Å². The highest BCUT2D eigenvalue weighted by Gasteiger charge is 1.96. The molecule has 1 heteroatoms. The third kappa shape index (κ3) is 3.35. The van der Waals surface area contributed by atoms with Gasteiger partial charge in [-0.1, -0.05) is 43.3 Å². The molecule has 0 N–H and O–H groups in total. The van der Waals surface area contributed by atoms with Crippen molar-refractivity contribution < 1.29 is 4.74 Å². The van der Waals surface area contributed by atoms with Gasteiger partial charge in [-0.3, -0.25) is 0 Å². The zero-order chi connectivity index (χ0) is 10.2. The predicted molar refractivity (Wildman–Crippen MR) is 61.2 cm³/mol. The second kappa shape index (κ2) is 6.39. The van der Waals surface area contributed by atoms with Crippen molar-refractivity contribution in [3.8, 4) is 0 Å². The molecule has 0 saturated carbocycles. The minimum atomic E-state index is 0.717. The van der Waals surface area contributed by atoms with Gasteiger partial charge in [0.2, 0.25) is 0 Å². The molecule has 0 unspecified atom stereocenters. The monoisotopic (exact) mass is 190 g/mol. The first-order valence-corrected chi connectivity index (χ1v) is 5.20. The van der Waals surface area contributed by atoms with Crippen molar-refractivity contribution >= 4 is 5.57 Å². The molecule has 0 radical (unpaired) electrons. The van der Waals surface area contributed by atoms with Gasteiger partial charge in [-0.2, -0.15) is 0 Å². The van der Waals surface area contributed by atoms with E-state index < -0.39 is 0 Å². The van der Waals surface area contributed by atoms with Crippen molar-refractivity contribution in [2.45, 2.75) is 20.3 Å². The molecule has 1 aromatic rings. The summed E-state index contributed by atoms with van der Waals surface area (Å²) in [5.41, 5.74) is 2.66. The fourth-order valence-corrected chi connectivity index (χ4v) is 1.40. The van der Waals surface area contributed by atoms with Gasteiger partial charge in [0, 0.05) is 6.61 Å². The van der Waals surface area contributed by atoms with Crippen LogP contribution in [-0.4, -0.2) is 13.2 Å². The smallest absolute Gasteiger partial charge is 0.0653 e. The maximum absolute atomic E-state index is 5.31. The van der Waals surface area contributed by atoms with Gasteiger partial charge in [0.1, 0.15) is 0 Å². The first kappa shape index (κ1) is 11.0. The van der Waals surface area contributed by atoms with Crippen LogP contribution in [0.3, 0.4) is 0 Å². The molecule has 0 aliphatic carbocycles. The summed E-state index contributed by atoms with van der Waals surface area (Å²) in [7, 11) is 0. The van der Waals surface area contributed by atoms with Gasteiger partial charge in [0.25, 0.3) is 0 Å². The summed E-state index contributed by atoms with van der Waals surface area (Å²) in [6.07, 6.45) is 3.22. The Morgan fingerprint density at radius 2 is 1.93 bits per heavy atom. The Morgan fingerprint density at radius 3 is 2.50 bits per heavy atom. The van der Waals surface area contributed by atoms with E-state index in [-0.39, 0.29) is 0 Å². The van der Waals surface area contributed by atoms with E-state index in [1.807, 2.05) is 13.0 Å². The number of rotatable bonds is 5. The Kier molecular flexibility index (Phi) is 5.02. The van der Waals surface area contributed by atoms with E-state index in [0.717, 1.165) is 13.0 Å². The number of benzene rings is 1. The quantitative estimate of drug-likeness (QED) is 0.645. The van der Waals surface area contributed by atoms with Gasteiger partial charge in [0.15, 0.2) is 0 Å². The first-order chi connectivity index (χ1) is 6.88. The van der Waals surface area contributed by atoms with E-state index in [0.29, 0.717) is 6.61 Å². The SMILES string of the molecule is CCOC/C=C(\CC)c1ccccc1. The maximum Gasteiger partial charge on any atom is 0.0653 e. The summed E-state index contributed by atoms with van der Waals surface area (Å²) in [6.45, 7) is 5.68. The Bertz CT molecular complexity index is 275. The average Bonchev–Trinajstić information content (AvgIpc) is 2.26. The fraction of sp³-hybridized carbons (Fsp3) is 0.385. The molecule has 0 saturated heterocycles. The van der Waals surface area contributed by atoms with Crippen molar-refractivity contribution in [2.75, 3.05) is 13.2 Å². The molecule has 0 spiro atoms. The topological polar surface area (TPSA) is 9.23 Å². The van der Waals surface area contributed by atoms with Gasteiger partial charge in [-0.05, 0) is 24.5 Å². The molecule has 0 aliphatic rings. The highest BCUT2D eigenvalue weighted by molar-refractivity contribution is 5.65. The van der Waals surface area contributed by atoms with Crippen LogP contribution in [0.2, 0.25) is 0 Å². The van der Waals surface area contributed by atoms with E-state index in [4.69, 9.17) is 4.74 Å². The third-order valence-corrected chi connectivity index (χ3v) is 2.18. The lowest BCUT2D eigenvalue weighted by Crippen LogP contribution is -1.91. The fourth-order valence-electron chi connectivity index (χ4n) is 1.40. The van der Waals surface area contributed by atoms with Gasteiger partial charge in [-0.25, -0.2) is 0 Å². The summed E-state index contributed by atoms with van der Waals surface area (Å²) in [5.74, 6) is 0. The van der Waals surface area contributed by atoms with Crippen LogP contribution in [0, 0.1) is 0 Å². The standard InChI is InChI=1S/C13H18O/c1-3-12(10-11-14-4-2)13-8-6-5-7-9-13/h5-10H,3-4,11H2,1-2H3/b12-10+. The van der Waals surface area contributed by atoms with E-state index in [1.54, 1.807) is 0 Å². The van der Waals surface area contributed by atoms with Gasteiger partial charge < -0.3 is 4.74 Å². The third-order valence-electron chi connectivity index (χ3n) is 2.18. The van der Waals surface area contributed by atoms with E-state index in [2.05, 4.69) is 37.3 Å². The molecule has 0 amide bonds. The van der Waals surface area contributed by atoms with Crippen molar-refractivity contribution in [3.05, 3.63) is 42.0 Å². The zero-order valence-corrected chi connectivity index (χ0v) is 8.99. The summed E-state index contributed by atoms with van der Waals surface area (Å²) in [4.78, 5) is 0. The number of hydrogen-bond acceptors (Lipinski definition) is 1. The Hall–Kier alpha value is -1.08. The highest BCUT2D eigenvalue weighted by atomic mass is 16.5. The maximum atomic E-state index is 5.31. The van der Waals surface area contributed by atoms with Crippen LogP contribution in [0.5, 0.6) is 0 Å². The molecule has 0 bridgehead atoms. The van der Waals surface area contributed by atoms with Crippen LogP contribution >= 0.6 is 0 Å². The van der Waals surface area contributed by atoms with Crippen LogP contribution in [0.15, 0.2) is 36.4 Å². The molecule has 0 atom stereocenters. The average molecular weight is 190 g/mol. The molecule has 76 valence electrons. The van der Waals surface area contributed by atoms with Crippen molar-refractivity contribution in [1.82, 2.24) is 0 Å². The summed E-state index contributed by atoms with van der Waals surface area (Å²) < 4.78 is 5.31. The molecular formula is C13H18O. The second-order valence-electron chi connectivity index (χ2n) is 3.11. The molecule has 1 aromatic carbocycles. The van der Waals surface area contributed by atoms with Crippen LogP contribution < -0.4 is 0 Å². The lowest BCUT2D eigenvalue weighted by atomic mass is 10.0. The molecule has 14 heavy (non-hydrogen) atoms. The molecule has 0 heterocycles. The zero-order valence-electron chi connectivity index (χ0n) is 8.99. The van der Waals surface area contributed by atoms with E-state index in [9.17, 15) is 0 Å². The minimum Gasteiger partial charge on any atom is -0.378 e. The van der Waals surface area contributed by atoms with Crippen LogP contribution in [-0.2, 0) is 4.74 Å². The number of allylic oxidation sites excluding steroid dienone is 1. The summed E-state index contributed by atoms with van der Waals surface area (Å²) >= 11 is 0. The van der Waals surface area contributed by atoms with E-state index >= 15 is 0 Å². The molecular weight excluding hydrogens is 172 g/mol. The summed E-state index contributed by atoms with van der Waals surface area (Å²) in [5, 5.41) is 0. The molecule has 0 aromatic heterocycles. The number of hydrogen-bond donors (Lipinski definition) is 0. The second-order valence-corrected chi connectivity index (χ2v) is 3.11. The Labute approximate surface area is 86.4 Å². The predicted octanol–water partition coefficient (Wildman–Crippen LogP) is 3.52. The normalized spacial score (nSPS) is 11.7. The minimum absolute atomic E-state index is 0.717. The van der Waals surface area contributed by atoms with Crippen LogP contribution in [0.4, 0.5) is 0 Å². The largest absolute Gasteiger partial charge is 0.378 e. The van der Waals surface area contributed by atoms with Crippen LogP contribution in [0.1, 0.15) is 25.8 Å². The van der Waals surface area contributed by atoms with Gasteiger partial charge in [-0.15, -0.1) is 0 Å². The van der Waals surface area contributed by atoms with E-state index in [1.165, 1.54) is 11.1 Å². The summed E-state index contributed by atoms with van der Waals surface area (Å²) in [6, 6.07) is 10.5. The lowest BCUT2D eigenvalue weighted by molar-refractivity contribution is 0.177. The van der Waals surface area contributed by atoms with Gasteiger partial charge >= 0.3 is 0 Å². The molecule has 0 fully saturated rings. The van der Waals surface area contributed by atoms with Crippen molar-refractivity contribution in [2.24, 2.45) is 0 Å². The molecule has 1 nitrogen and oxygen atoms in total. The number of ether oxygens (including phenoxy) is 1. The molecule has 0 aliphatic heterocycles.